The second-order valence-corrected chi connectivity index (χ2v) is 5.99. The Morgan fingerprint density at radius 1 is 1.32 bits per heavy atom. The molecule has 1 unspecified atom stereocenters. The predicted molar refractivity (Wildman–Crippen MR) is 75.7 cm³/mol. The SMILES string of the molecule is Cc1ccc(C2NCC(=O)N2CC2CCC2)c(C)c1. The summed E-state index contributed by atoms with van der Waals surface area (Å²) in [6.45, 7) is 5.64. The molecule has 2 aliphatic rings. The Labute approximate surface area is 115 Å². The van der Waals surface area contributed by atoms with Gasteiger partial charge in [-0.15, -0.1) is 0 Å². The lowest BCUT2D eigenvalue weighted by Gasteiger charge is -2.33. The number of aryl methyl sites for hydroxylation is 2. The number of benzene rings is 1. The maximum atomic E-state index is 12.1. The lowest BCUT2D eigenvalue weighted by Crippen LogP contribution is -2.37. The molecule has 1 aromatic rings. The van der Waals surface area contributed by atoms with E-state index in [1.54, 1.807) is 0 Å². The van der Waals surface area contributed by atoms with Crippen molar-refractivity contribution in [3.05, 3.63) is 34.9 Å². The normalized spacial score (nSPS) is 23.8. The summed E-state index contributed by atoms with van der Waals surface area (Å²) in [4.78, 5) is 14.1. The van der Waals surface area contributed by atoms with Crippen molar-refractivity contribution in [1.29, 1.82) is 0 Å². The fourth-order valence-corrected chi connectivity index (χ4v) is 3.11. The zero-order chi connectivity index (χ0) is 13.4. The van der Waals surface area contributed by atoms with Gasteiger partial charge in [-0.3, -0.25) is 10.1 Å². The van der Waals surface area contributed by atoms with E-state index in [1.807, 2.05) is 4.90 Å². The van der Waals surface area contributed by atoms with Gasteiger partial charge in [0.25, 0.3) is 0 Å². The third kappa shape index (κ3) is 2.39. The molecule has 3 rings (SSSR count). The Kier molecular flexibility index (Phi) is 3.31. The maximum Gasteiger partial charge on any atom is 0.238 e. The first-order valence-corrected chi connectivity index (χ1v) is 7.25. The Hall–Kier alpha value is -1.35. The number of hydrogen-bond donors (Lipinski definition) is 1. The smallest absolute Gasteiger partial charge is 0.238 e. The first-order valence-electron chi connectivity index (χ1n) is 7.25. The number of rotatable bonds is 3. The van der Waals surface area contributed by atoms with Crippen LogP contribution in [0.2, 0.25) is 0 Å². The van der Waals surface area contributed by atoms with E-state index in [0.29, 0.717) is 6.54 Å². The van der Waals surface area contributed by atoms with E-state index < -0.39 is 0 Å². The van der Waals surface area contributed by atoms with E-state index >= 15 is 0 Å². The third-order valence-electron chi connectivity index (χ3n) is 4.48. The van der Waals surface area contributed by atoms with Gasteiger partial charge in [0, 0.05) is 6.54 Å². The molecule has 1 heterocycles. The summed E-state index contributed by atoms with van der Waals surface area (Å²) in [5, 5.41) is 3.36. The molecule has 0 spiro atoms. The fraction of sp³-hybridized carbons (Fsp3) is 0.562. The molecular weight excluding hydrogens is 236 g/mol. The van der Waals surface area contributed by atoms with Crippen LogP contribution >= 0.6 is 0 Å². The summed E-state index contributed by atoms with van der Waals surface area (Å²) in [5.41, 5.74) is 3.79. The summed E-state index contributed by atoms with van der Waals surface area (Å²) in [6.07, 6.45) is 3.97. The predicted octanol–water partition coefficient (Wildman–Crippen LogP) is 2.53. The lowest BCUT2D eigenvalue weighted by molar-refractivity contribution is -0.129. The zero-order valence-corrected chi connectivity index (χ0v) is 11.8. The first-order chi connectivity index (χ1) is 9.15. The minimum Gasteiger partial charge on any atom is -0.322 e. The monoisotopic (exact) mass is 258 g/mol. The lowest BCUT2D eigenvalue weighted by atomic mass is 9.85. The van der Waals surface area contributed by atoms with Gasteiger partial charge in [-0.05, 0) is 43.7 Å². The van der Waals surface area contributed by atoms with Crippen molar-refractivity contribution < 1.29 is 4.79 Å². The van der Waals surface area contributed by atoms with Gasteiger partial charge < -0.3 is 4.90 Å². The van der Waals surface area contributed by atoms with Gasteiger partial charge >= 0.3 is 0 Å². The molecule has 0 radical (unpaired) electrons. The van der Waals surface area contributed by atoms with Gasteiger partial charge in [0.05, 0.1) is 6.54 Å². The van der Waals surface area contributed by atoms with Crippen LogP contribution in [0.4, 0.5) is 0 Å². The van der Waals surface area contributed by atoms with Gasteiger partial charge in [-0.2, -0.15) is 0 Å². The molecule has 1 N–H and O–H groups in total. The van der Waals surface area contributed by atoms with Crippen molar-refractivity contribution >= 4 is 5.91 Å². The highest BCUT2D eigenvalue weighted by Crippen LogP contribution is 2.32. The highest BCUT2D eigenvalue weighted by atomic mass is 16.2. The van der Waals surface area contributed by atoms with Gasteiger partial charge in [-0.25, -0.2) is 0 Å². The molecule has 1 saturated heterocycles. The quantitative estimate of drug-likeness (QED) is 0.903. The van der Waals surface area contributed by atoms with Crippen molar-refractivity contribution in [3.63, 3.8) is 0 Å². The summed E-state index contributed by atoms with van der Waals surface area (Å²) >= 11 is 0. The number of amides is 1. The molecule has 2 fully saturated rings. The molecule has 0 aromatic heterocycles. The Balaban J connectivity index is 1.82. The standard InChI is InChI=1S/C16H22N2O/c1-11-6-7-14(12(2)8-11)16-17-9-15(19)18(16)10-13-4-3-5-13/h6-8,13,16-17H,3-5,9-10H2,1-2H3. The second-order valence-electron chi connectivity index (χ2n) is 5.99. The maximum absolute atomic E-state index is 12.1. The van der Waals surface area contributed by atoms with Crippen LogP contribution in [0.1, 0.15) is 42.1 Å². The van der Waals surface area contributed by atoms with Crippen LogP contribution in [-0.2, 0) is 4.79 Å². The van der Waals surface area contributed by atoms with E-state index in [4.69, 9.17) is 0 Å². The second kappa shape index (κ2) is 4.97. The number of carbonyl (C=O) groups excluding carboxylic acids is 1. The third-order valence-corrected chi connectivity index (χ3v) is 4.48. The van der Waals surface area contributed by atoms with Crippen LogP contribution < -0.4 is 5.32 Å². The van der Waals surface area contributed by atoms with Gasteiger partial charge in [0.2, 0.25) is 5.91 Å². The van der Waals surface area contributed by atoms with Crippen LogP contribution in [-0.4, -0.2) is 23.9 Å². The molecule has 3 nitrogen and oxygen atoms in total. The Bertz CT molecular complexity index is 494. The Morgan fingerprint density at radius 2 is 2.11 bits per heavy atom. The fourth-order valence-electron chi connectivity index (χ4n) is 3.11. The molecule has 1 atom stereocenters. The molecule has 19 heavy (non-hydrogen) atoms. The minimum atomic E-state index is 0.0775. The molecule has 1 aliphatic carbocycles. The summed E-state index contributed by atoms with van der Waals surface area (Å²) < 4.78 is 0. The van der Waals surface area contributed by atoms with Crippen molar-refractivity contribution in [1.82, 2.24) is 10.2 Å². The molecule has 0 bridgehead atoms. The highest BCUT2D eigenvalue weighted by molar-refractivity contribution is 5.81. The van der Waals surface area contributed by atoms with Crippen LogP contribution in [0.5, 0.6) is 0 Å². The highest BCUT2D eigenvalue weighted by Gasteiger charge is 2.34. The van der Waals surface area contributed by atoms with Gasteiger partial charge in [0.15, 0.2) is 0 Å². The summed E-state index contributed by atoms with van der Waals surface area (Å²) in [5.74, 6) is 0.967. The minimum absolute atomic E-state index is 0.0775. The first kappa shape index (κ1) is 12.7. The average Bonchev–Trinajstić information content (AvgIpc) is 2.65. The summed E-state index contributed by atoms with van der Waals surface area (Å²) in [6, 6.07) is 6.49. The molecular formula is C16H22N2O. The molecule has 1 amide bonds. The number of nitrogens with one attached hydrogen (secondary N) is 1. The van der Waals surface area contributed by atoms with Crippen molar-refractivity contribution in [2.75, 3.05) is 13.1 Å². The van der Waals surface area contributed by atoms with E-state index in [2.05, 4.69) is 37.4 Å². The average molecular weight is 258 g/mol. The number of carbonyl (C=O) groups is 1. The van der Waals surface area contributed by atoms with E-state index in [0.717, 1.165) is 12.5 Å². The van der Waals surface area contributed by atoms with Crippen molar-refractivity contribution in [2.24, 2.45) is 5.92 Å². The number of hydrogen-bond acceptors (Lipinski definition) is 2. The van der Waals surface area contributed by atoms with Crippen LogP contribution in [0.15, 0.2) is 18.2 Å². The number of nitrogens with zero attached hydrogens (tertiary/aromatic N) is 1. The Morgan fingerprint density at radius 3 is 2.74 bits per heavy atom. The van der Waals surface area contributed by atoms with E-state index in [1.165, 1.54) is 36.0 Å². The van der Waals surface area contributed by atoms with E-state index in [-0.39, 0.29) is 12.1 Å². The van der Waals surface area contributed by atoms with E-state index in [9.17, 15) is 4.79 Å². The molecule has 1 aromatic carbocycles. The molecule has 3 heteroatoms. The topological polar surface area (TPSA) is 32.3 Å². The molecule has 1 aliphatic heterocycles. The van der Waals surface area contributed by atoms with Crippen molar-refractivity contribution in [2.45, 2.75) is 39.3 Å². The van der Waals surface area contributed by atoms with Gasteiger partial charge in [0.1, 0.15) is 6.17 Å². The largest absolute Gasteiger partial charge is 0.322 e. The van der Waals surface area contributed by atoms with Crippen LogP contribution in [0.25, 0.3) is 0 Å². The van der Waals surface area contributed by atoms with Gasteiger partial charge in [-0.1, -0.05) is 30.2 Å². The summed E-state index contributed by atoms with van der Waals surface area (Å²) in [7, 11) is 0. The van der Waals surface area contributed by atoms with Crippen LogP contribution in [0.3, 0.4) is 0 Å². The molecule has 1 saturated carbocycles. The van der Waals surface area contributed by atoms with Crippen molar-refractivity contribution in [3.8, 4) is 0 Å². The molecule has 102 valence electrons. The zero-order valence-electron chi connectivity index (χ0n) is 11.8. The van der Waals surface area contributed by atoms with Crippen LogP contribution in [0, 0.1) is 19.8 Å².